The lowest BCUT2D eigenvalue weighted by Crippen LogP contribution is -2.62. The molecule has 4 nitrogen and oxygen atoms in total. The minimum atomic E-state index is -0.478. The van der Waals surface area contributed by atoms with Gasteiger partial charge in [0.25, 0.3) is 0 Å². The van der Waals surface area contributed by atoms with Gasteiger partial charge in [0, 0.05) is 10.2 Å². The van der Waals surface area contributed by atoms with Crippen molar-refractivity contribution in [3.05, 3.63) is 28.2 Å². The summed E-state index contributed by atoms with van der Waals surface area (Å²) in [6.45, 7) is 5.57. The minimum Gasteiger partial charge on any atom is -0.343 e. The van der Waals surface area contributed by atoms with E-state index in [2.05, 4.69) is 21.2 Å². The highest BCUT2D eigenvalue weighted by Crippen LogP contribution is 2.30. The van der Waals surface area contributed by atoms with Crippen molar-refractivity contribution < 1.29 is 9.59 Å². The largest absolute Gasteiger partial charge is 0.343 e. The minimum absolute atomic E-state index is 0.0624. The molecule has 2 amide bonds. The molecule has 1 fully saturated rings. The second kappa shape index (κ2) is 5.33. The molecule has 1 aliphatic heterocycles. The number of piperazine rings is 1. The summed E-state index contributed by atoms with van der Waals surface area (Å²) in [5.41, 5.74) is 1.77. The number of nitrogens with zero attached hydrogens (tertiary/aromatic N) is 1. The van der Waals surface area contributed by atoms with Gasteiger partial charge in [-0.25, -0.2) is 0 Å². The SMILES string of the molecule is CCC1C(=O)NC(C)C(=O)N1c1cccc(Br)c1C. The summed E-state index contributed by atoms with van der Waals surface area (Å²) in [5.74, 6) is -0.151. The smallest absolute Gasteiger partial charge is 0.250 e. The molecule has 0 bridgehead atoms. The number of carbonyl (C=O) groups is 2. The summed E-state index contributed by atoms with van der Waals surface area (Å²) >= 11 is 3.47. The Balaban J connectivity index is 2.52. The van der Waals surface area contributed by atoms with Crippen molar-refractivity contribution in [2.24, 2.45) is 0 Å². The summed E-state index contributed by atoms with van der Waals surface area (Å²) in [4.78, 5) is 26.1. The standard InChI is InChI=1S/C14H17BrN2O2/c1-4-11-13(18)16-9(3)14(19)17(11)12-7-5-6-10(15)8(12)2/h5-7,9,11H,4H2,1-3H3,(H,16,18). The molecule has 1 aromatic rings. The van der Waals surface area contributed by atoms with Crippen LogP contribution < -0.4 is 10.2 Å². The molecule has 0 radical (unpaired) electrons. The normalized spacial score (nSPS) is 23.5. The van der Waals surface area contributed by atoms with Gasteiger partial charge in [-0.3, -0.25) is 14.5 Å². The van der Waals surface area contributed by atoms with Crippen LogP contribution in [0.5, 0.6) is 0 Å². The Hall–Kier alpha value is -1.36. The van der Waals surface area contributed by atoms with Gasteiger partial charge in [0.1, 0.15) is 12.1 Å². The molecule has 5 heteroatoms. The van der Waals surface area contributed by atoms with Crippen molar-refractivity contribution in [2.45, 2.75) is 39.3 Å². The maximum absolute atomic E-state index is 12.4. The van der Waals surface area contributed by atoms with Crippen LogP contribution in [0.1, 0.15) is 25.8 Å². The van der Waals surface area contributed by atoms with Gasteiger partial charge in [0.2, 0.25) is 11.8 Å². The average molecular weight is 325 g/mol. The van der Waals surface area contributed by atoms with E-state index >= 15 is 0 Å². The number of amides is 2. The zero-order valence-corrected chi connectivity index (χ0v) is 12.8. The number of nitrogens with one attached hydrogen (secondary N) is 1. The molecule has 1 aliphatic rings. The van der Waals surface area contributed by atoms with E-state index in [1.807, 2.05) is 32.0 Å². The molecular weight excluding hydrogens is 308 g/mol. The predicted octanol–water partition coefficient (Wildman–Crippen LogP) is 2.39. The fraction of sp³-hybridized carbons (Fsp3) is 0.429. The second-order valence-corrected chi connectivity index (χ2v) is 5.60. The van der Waals surface area contributed by atoms with Crippen LogP contribution in [0.4, 0.5) is 5.69 Å². The maximum atomic E-state index is 12.4. The number of halogens is 1. The Morgan fingerprint density at radius 2 is 2.05 bits per heavy atom. The zero-order chi connectivity index (χ0) is 14.2. The molecule has 1 N–H and O–H groups in total. The van der Waals surface area contributed by atoms with E-state index in [4.69, 9.17) is 0 Å². The fourth-order valence-corrected chi connectivity index (χ4v) is 2.72. The van der Waals surface area contributed by atoms with Gasteiger partial charge < -0.3 is 5.32 Å². The monoisotopic (exact) mass is 324 g/mol. The fourth-order valence-electron chi connectivity index (χ4n) is 2.36. The first-order chi connectivity index (χ1) is 8.97. The lowest BCUT2D eigenvalue weighted by molar-refractivity contribution is -0.133. The molecule has 2 rings (SSSR count). The van der Waals surface area contributed by atoms with Crippen molar-refractivity contribution in [1.82, 2.24) is 5.32 Å². The highest BCUT2D eigenvalue weighted by molar-refractivity contribution is 9.10. The van der Waals surface area contributed by atoms with E-state index in [1.54, 1.807) is 11.8 Å². The topological polar surface area (TPSA) is 49.4 Å². The Morgan fingerprint density at radius 3 is 2.68 bits per heavy atom. The van der Waals surface area contributed by atoms with E-state index in [0.717, 1.165) is 15.7 Å². The van der Waals surface area contributed by atoms with Gasteiger partial charge in [0.15, 0.2) is 0 Å². The summed E-state index contributed by atoms with van der Waals surface area (Å²) in [6.07, 6.45) is 0.593. The van der Waals surface area contributed by atoms with Crippen LogP contribution >= 0.6 is 15.9 Å². The van der Waals surface area contributed by atoms with Crippen molar-refractivity contribution in [3.63, 3.8) is 0 Å². The Kier molecular flexibility index (Phi) is 3.94. The van der Waals surface area contributed by atoms with Crippen LogP contribution in [-0.4, -0.2) is 23.9 Å². The molecule has 1 saturated heterocycles. The number of rotatable bonds is 2. The van der Waals surface area contributed by atoms with E-state index in [9.17, 15) is 9.59 Å². The second-order valence-electron chi connectivity index (χ2n) is 4.75. The average Bonchev–Trinajstić information content (AvgIpc) is 2.37. The number of hydrogen-bond acceptors (Lipinski definition) is 2. The number of carbonyl (C=O) groups excluding carboxylic acids is 2. The van der Waals surface area contributed by atoms with Gasteiger partial charge >= 0.3 is 0 Å². The van der Waals surface area contributed by atoms with E-state index < -0.39 is 12.1 Å². The predicted molar refractivity (Wildman–Crippen MR) is 78.0 cm³/mol. The van der Waals surface area contributed by atoms with Crippen molar-refractivity contribution >= 4 is 33.4 Å². The van der Waals surface area contributed by atoms with Gasteiger partial charge in [-0.1, -0.05) is 28.9 Å². The number of anilines is 1. The van der Waals surface area contributed by atoms with E-state index in [0.29, 0.717) is 6.42 Å². The zero-order valence-electron chi connectivity index (χ0n) is 11.2. The van der Waals surface area contributed by atoms with Gasteiger partial charge in [-0.2, -0.15) is 0 Å². The summed E-state index contributed by atoms with van der Waals surface area (Å²) in [5, 5.41) is 2.72. The van der Waals surface area contributed by atoms with E-state index in [1.165, 1.54) is 0 Å². The van der Waals surface area contributed by atoms with Crippen LogP contribution in [0.3, 0.4) is 0 Å². The van der Waals surface area contributed by atoms with Crippen LogP contribution in [0.2, 0.25) is 0 Å². The molecule has 0 aromatic heterocycles. The third-order valence-electron chi connectivity index (χ3n) is 3.47. The third-order valence-corrected chi connectivity index (χ3v) is 4.33. The lowest BCUT2D eigenvalue weighted by atomic mass is 10.0. The van der Waals surface area contributed by atoms with Gasteiger partial charge in [-0.05, 0) is 38.0 Å². The molecule has 0 aliphatic carbocycles. The molecule has 1 aromatic carbocycles. The highest BCUT2D eigenvalue weighted by atomic mass is 79.9. The quantitative estimate of drug-likeness (QED) is 0.908. The molecule has 0 spiro atoms. The summed E-state index contributed by atoms with van der Waals surface area (Å²) < 4.78 is 0.936. The van der Waals surface area contributed by atoms with Gasteiger partial charge in [-0.15, -0.1) is 0 Å². The Bertz CT molecular complexity index is 530. The van der Waals surface area contributed by atoms with Crippen LogP contribution in [-0.2, 0) is 9.59 Å². The molecule has 2 atom stereocenters. The van der Waals surface area contributed by atoms with Crippen molar-refractivity contribution in [3.8, 4) is 0 Å². The van der Waals surface area contributed by atoms with Crippen LogP contribution in [0.15, 0.2) is 22.7 Å². The third kappa shape index (κ3) is 2.39. The Labute approximate surface area is 121 Å². The maximum Gasteiger partial charge on any atom is 0.250 e. The first kappa shape index (κ1) is 14.1. The molecule has 0 saturated carbocycles. The molecule has 2 unspecified atom stereocenters. The number of hydrogen-bond donors (Lipinski definition) is 1. The lowest BCUT2D eigenvalue weighted by Gasteiger charge is -2.38. The Morgan fingerprint density at radius 1 is 1.37 bits per heavy atom. The first-order valence-corrected chi connectivity index (χ1v) is 7.15. The van der Waals surface area contributed by atoms with Crippen molar-refractivity contribution in [1.29, 1.82) is 0 Å². The highest BCUT2D eigenvalue weighted by Gasteiger charge is 2.38. The van der Waals surface area contributed by atoms with Gasteiger partial charge in [0.05, 0.1) is 0 Å². The van der Waals surface area contributed by atoms with Crippen LogP contribution in [0.25, 0.3) is 0 Å². The molecule has 1 heterocycles. The molecule has 19 heavy (non-hydrogen) atoms. The number of benzene rings is 1. The van der Waals surface area contributed by atoms with Crippen molar-refractivity contribution in [2.75, 3.05) is 4.90 Å². The molecule has 102 valence electrons. The van der Waals surface area contributed by atoms with E-state index in [-0.39, 0.29) is 11.8 Å². The summed E-state index contributed by atoms with van der Waals surface area (Å²) in [7, 11) is 0. The molecular formula is C14H17BrN2O2. The van der Waals surface area contributed by atoms with Crippen LogP contribution in [0, 0.1) is 6.92 Å². The summed E-state index contributed by atoms with van der Waals surface area (Å²) in [6, 6.07) is 4.78. The first-order valence-electron chi connectivity index (χ1n) is 6.36.